The number of carbonyl (C=O) groups excluding carboxylic acids is 1. The molecule has 0 saturated carbocycles. The van der Waals surface area contributed by atoms with Gasteiger partial charge in [0.15, 0.2) is 11.5 Å². The van der Waals surface area contributed by atoms with Gasteiger partial charge in [-0.05, 0) is 38.0 Å². The first kappa shape index (κ1) is 15.4. The summed E-state index contributed by atoms with van der Waals surface area (Å²) in [7, 11) is 0. The zero-order chi connectivity index (χ0) is 16.4. The third-order valence-corrected chi connectivity index (χ3v) is 3.91. The number of nitrogens with one attached hydrogen (secondary N) is 1. The van der Waals surface area contributed by atoms with Crippen molar-refractivity contribution >= 4 is 5.91 Å². The Labute approximate surface area is 134 Å². The first-order valence-electron chi connectivity index (χ1n) is 7.75. The van der Waals surface area contributed by atoms with Crippen LogP contribution < -0.4 is 14.8 Å². The summed E-state index contributed by atoms with van der Waals surface area (Å²) in [5.74, 6) is 1.81. The first-order valence-corrected chi connectivity index (χ1v) is 7.75. The molecule has 0 saturated heterocycles. The molecule has 6 nitrogen and oxygen atoms in total. The second kappa shape index (κ2) is 6.32. The van der Waals surface area contributed by atoms with Gasteiger partial charge in [0.05, 0.1) is 11.7 Å². The molecule has 2 aromatic rings. The van der Waals surface area contributed by atoms with E-state index in [1.54, 1.807) is 6.92 Å². The van der Waals surface area contributed by atoms with Gasteiger partial charge in [0.2, 0.25) is 0 Å². The van der Waals surface area contributed by atoms with E-state index in [9.17, 15) is 4.79 Å². The summed E-state index contributed by atoms with van der Waals surface area (Å²) in [5.41, 5.74) is 2.15. The van der Waals surface area contributed by atoms with E-state index in [2.05, 4.69) is 10.5 Å². The van der Waals surface area contributed by atoms with Gasteiger partial charge in [0.25, 0.3) is 5.91 Å². The highest BCUT2D eigenvalue weighted by Gasteiger charge is 2.22. The molecule has 0 aliphatic carbocycles. The molecule has 1 atom stereocenters. The maximum absolute atomic E-state index is 12.5. The standard InChI is InChI=1S/C17H20N2O4/c1-4-13-16(11(3)23-19-13)17(20)18-10(2)12-5-6-14-15(9-12)22-8-7-21-14/h5-6,9-10H,4,7-8H2,1-3H3,(H,18,20). The molecule has 1 aromatic heterocycles. The lowest BCUT2D eigenvalue weighted by Crippen LogP contribution is -2.28. The van der Waals surface area contributed by atoms with Gasteiger partial charge in [0.1, 0.15) is 24.5 Å². The van der Waals surface area contributed by atoms with Crippen LogP contribution in [0.1, 0.15) is 47.3 Å². The molecule has 3 rings (SSSR count). The normalized spacial score (nSPS) is 14.4. The van der Waals surface area contributed by atoms with Crippen molar-refractivity contribution < 1.29 is 18.8 Å². The molecule has 1 aromatic carbocycles. The maximum atomic E-state index is 12.5. The van der Waals surface area contributed by atoms with E-state index < -0.39 is 0 Å². The van der Waals surface area contributed by atoms with Gasteiger partial charge in [-0.2, -0.15) is 0 Å². The van der Waals surface area contributed by atoms with Crippen molar-refractivity contribution in [2.24, 2.45) is 0 Å². The van der Waals surface area contributed by atoms with Gasteiger partial charge in [-0.3, -0.25) is 4.79 Å². The van der Waals surface area contributed by atoms with Crippen molar-refractivity contribution in [3.05, 3.63) is 40.8 Å². The highest BCUT2D eigenvalue weighted by Crippen LogP contribution is 2.32. The summed E-state index contributed by atoms with van der Waals surface area (Å²) in [6.07, 6.45) is 0.651. The smallest absolute Gasteiger partial charge is 0.257 e. The fourth-order valence-electron chi connectivity index (χ4n) is 2.63. The SMILES string of the molecule is CCc1noc(C)c1C(=O)NC(C)c1ccc2c(c1)OCCO2. The number of carbonyl (C=O) groups is 1. The van der Waals surface area contributed by atoms with Gasteiger partial charge < -0.3 is 19.3 Å². The zero-order valence-electron chi connectivity index (χ0n) is 13.5. The summed E-state index contributed by atoms with van der Waals surface area (Å²) in [4.78, 5) is 12.5. The number of rotatable bonds is 4. The van der Waals surface area contributed by atoms with E-state index in [4.69, 9.17) is 14.0 Å². The van der Waals surface area contributed by atoms with Crippen molar-refractivity contribution in [2.75, 3.05) is 13.2 Å². The van der Waals surface area contributed by atoms with Crippen LogP contribution in [0.2, 0.25) is 0 Å². The minimum Gasteiger partial charge on any atom is -0.486 e. The summed E-state index contributed by atoms with van der Waals surface area (Å²) >= 11 is 0. The number of amides is 1. The van der Waals surface area contributed by atoms with Crippen LogP contribution in [-0.2, 0) is 6.42 Å². The molecule has 1 unspecified atom stereocenters. The van der Waals surface area contributed by atoms with Crippen molar-refractivity contribution in [3.63, 3.8) is 0 Å². The third-order valence-electron chi connectivity index (χ3n) is 3.91. The van der Waals surface area contributed by atoms with Crippen molar-refractivity contribution in [1.82, 2.24) is 10.5 Å². The molecule has 0 radical (unpaired) electrons. The van der Waals surface area contributed by atoms with Crippen molar-refractivity contribution in [2.45, 2.75) is 33.2 Å². The Bertz CT molecular complexity index is 723. The lowest BCUT2D eigenvalue weighted by atomic mass is 10.1. The van der Waals surface area contributed by atoms with Gasteiger partial charge in [-0.15, -0.1) is 0 Å². The number of fused-ring (bicyclic) bond motifs is 1. The van der Waals surface area contributed by atoms with Gasteiger partial charge in [-0.25, -0.2) is 0 Å². The third kappa shape index (κ3) is 3.02. The Morgan fingerprint density at radius 1 is 1.30 bits per heavy atom. The summed E-state index contributed by atoms with van der Waals surface area (Å²) in [6.45, 7) is 6.72. The molecule has 0 fully saturated rings. The molecule has 2 heterocycles. The van der Waals surface area contributed by atoms with E-state index in [0.29, 0.717) is 42.4 Å². The van der Waals surface area contributed by atoms with Crippen LogP contribution in [-0.4, -0.2) is 24.3 Å². The average Bonchev–Trinajstić information content (AvgIpc) is 2.95. The predicted octanol–water partition coefficient (Wildman–Crippen LogP) is 2.81. The molecule has 1 aliphatic heterocycles. The van der Waals surface area contributed by atoms with Crippen LogP contribution in [0.15, 0.2) is 22.7 Å². The van der Waals surface area contributed by atoms with Crippen LogP contribution in [0, 0.1) is 6.92 Å². The topological polar surface area (TPSA) is 73.6 Å². The predicted molar refractivity (Wildman–Crippen MR) is 83.9 cm³/mol. The summed E-state index contributed by atoms with van der Waals surface area (Å²) < 4.78 is 16.2. The number of benzene rings is 1. The highest BCUT2D eigenvalue weighted by atomic mass is 16.6. The number of aromatic nitrogens is 1. The second-order valence-corrected chi connectivity index (χ2v) is 5.51. The van der Waals surface area contributed by atoms with E-state index in [0.717, 1.165) is 11.3 Å². The first-order chi connectivity index (χ1) is 11.1. The Hall–Kier alpha value is -2.50. The molecule has 122 valence electrons. The minimum atomic E-state index is -0.178. The van der Waals surface area contributed by atoms with Crippen LogP contribution in [0.5, 0.6) is 11.5 Å². The molecular formula is C17H20N2O4. The molecule has 0 bridgehead atoms. The van der Waals surface area contributed by atoms with E-state index in [1.807, 2.05) is 32.0 Å². The molecule has 1 aliphatic rings. The monoisotopic (exact) mass is 316 g/mol. The molecular weight excluding hydrogens is 296 g/mol. The van der Waals surface area contributed by atoms with E-state index >= 15 is 0 Å². The van der Waals surface area contributed by atoms with Crippen molar-refractivity contribution in [3.8, 4) is 11.5 Å². The Balaban J connectivity index is 1.77. The summed E-state index contributed by atoms with van der Waals surface area (Å²) in [6, 6.07) is 5.53. The van der Waals surface area contributed by atoms with Gasteiger partial charge in [-0.1, -0.05) is 18.1 Å². The lowest BCUT2D eigenvalue weighted by molar-refractivity contribution is 0.0937. The maximum Gasteiger partial charge on any atom is 0.257 e. The van der Waals surface area contributed by atoms with Crippen molar-refractivity contribution in [1.29, 1.82) is 0 Å². The minimum absolute atomic E-state index is 0.169. The summed E-state index contributed by atoms with van der Waals surface area (Å²) in [5, 5.41) is 6.91. The molecule has 23 heavy (non-hydrogen) atoms. The fraction of sp³-hybridized carbons (Fsp3) is 0.412. The van der Waals surface area contributed by atoms with Gasteiger partial charge in [0, 0.05) is 0 Å². The largest absolute Gasteiger partial charge is 0.486 e. The Kier molecular flexibility index (Phi) is 4.23. The number of nitrogens with zero attached hydrogens (tertiary/aromatic N) is 1. The quantitative estimate of drug-likeness (QED) is 0.939. The zero-order valence-corrected chi connectivity index (χ0v) is 13.5. The van der Waals surface area contributed by atoms with Crippen LogP contribution in [0.4, 0.5) is 0 Å². The Morgan fingerprint density at radius 3 is 2.78 bits per heavy atom. The molecule has 6 heteroatoms. The van der Waals surface area contributed by atoms with Crippen LogP contribution >= 0.6 is 0 Å². The van der Waals surface area contributed by atoms with E-state index in [1.165, 1.54) is 0 Å². The molecule has 0 spiro atoms. The number of ether oxygens (including phenoxy) is 2. The highest BCUT2D eigenvalue weighted by molar-refractivity contribution is 5.96. The van der Waals surface area contributed by atoms with E-state index in [-0.39, 0.29) is 11.9 Å². The molecule has 1 N–H and O–H groups in total. The lowest BCUT2D eigenvalue weighted by Gasteiger charge is -2.21. The Morgan fingerprint density at radius 2 is 2.04 bits per heavy atom. The fourth-order valence-corrected chi connectivity index (χ4v) is 2.63. The second-order valence-electron chi connectivity index (χ2n) is 5.51. The number of hydrogen-bond donors (Lipinski definition) is 1. The van der Waals surface area contributed by atoms with Gasteiger partial charge >= 0.3 is 0 Å². The number of hydrogen-bond acceptors (Lipinski definition) is 5. The van der Waals surface area contributed by atoms with Crippen LogP contribution in [0.3, 0.4) is 0 Å². The number of aryl methyl sites for hydroxylation is 2. The van der Waals surface area contributed by atoms with Crippen LogP contribution in [0.25, 0.3) is 0 Å². The average molecular weight is 316 g/mol. The molecule has 1 amide bonds.